The van der Waals surface area contributed by atoms with Crippen molar-refractivity contribution in [2.75, 3.05) is 6.61 Å². The van der Waals surface area contributed by atoms with E-state index in [4.69, 9.17) is 4.74 Å². The van der Waals surface area contributed by atoms with Crippen molar-refractivity contribution in [2.24, 2.45) is 0 Å². The highest BCUT2D eigenvalue weighted by atomic mass is 16.5. The molecule has 0 bridgehead atoms. The van der Waals surface area contributed by atoms with Gasteiger partial charge in [0.15, 0.2) is 5.78 Å². The molecule has 0 unspecified atom stereocenters. The molecule has 0 amide bonds. The summed E-state index contributed by atoms with van der Waals surface area (Å²) < 4.78 is 5.11. The van der Waals surface area contributed by atoms with Gasteiger partial charge in [0, 0.05) is 17.7 Å². The topological polar surface area (TPSA) is 59.2 Å². The number of carbonyl (C=O) groups is 2. The molecular weight excluding hydrogens is 314 g/mol. The zero-order chi connectivity index (χ0) is 18.0. The molecule has 0 fully saturated rings. The second kappa shape index (κ2) is 7.09. The minimum Gasteiger partial charge on any atom is -0.457 e. The molecule has 1 aromatic heterocycles. The van der Waals surface area contributed by atoms with E-state index in [1.165, 1.54) is 17.2 Å². The van der Waals surface area contributed by atoms with E-state index in [9.17, 15) is 9.59 Å². The summed E-state index contributed by atoms with van der Waals surface area (Å²) in [5.74, 6) is -0.216. The lowest BCUT2D eigenvalue weighted by atomic mass is 9.81. The van der Waals surface area contributed by atoms with Crippen LogP contribution in [0.4, 0.5) is 0 Å². The van der Waals surface area contributed by atoms with Crippen molar-refractivity contribution in [1.82, 2.24) is 4.98 Å². The molecule has 1 heterocycles. The molecule has 1 N–H and O–H groups in total. The molecule has 4 heteroatoms. The Bertz CT molecular complexity index is 814. The van der Waals surface area contributed by atoms with Gasteiger partial charge in [0.05, 0.1) is 0 Å². The maximum Gasteiger partial charge on any atom is 0.355 e. The van der Waals surface area contributed by atoms with Crippen LogP contribution >= 0.6 is 0 Å². The van der Waals surface area contributed by atoms with Gasteiger partial charge in [-0.3, -0.25) is 4.79 Å². The predicted octanol–water partition coefficient (Wildman–Crippen LogP) is 4.14. The fraction of sp³-hybridized carbons (Fsp3) is 0.333. The minimum absolute atomic E-state index is 0.0855. The van der Waals surface area contributed by atoms with Gasteiger partial charge < -0.3 is 9.72 Å². The number of ether oxygens (including phenoxy) is 1. The van der Waals surface area contributed by atoms with Crippen LogP contribution in [0, 0.1) is 6.92 Å². The Labute approximate surface area is 147 Å². The third kappa shape index (κ3) is 3.29. The largest absolute Gasteiger partial charge is 0.457 e. The number of aromatic amines is 1. The second-order valence-electron chi connectivity index (χ2n) is 6.49. The molecule has 1 aliphatic carbocycles. The highest BCUT2D eigenvalue weighted by Gasteiger charge is 2.32. The monoisotopic (exact) mass is 337 g/mol. The number of carbonyl (C=O) groups excluding carboxylic acids is 2. The quantitative estimate of drug-likeness (QED) is 0.659. The Balaban J connectivity index is 1.88. The molecule has 4 nitrogen and oxygen atoms in total. The van der Waals surface area contributed by atoms with Crippen molar-refractivity contribution in [1.29, 1.82) is 0 Å². The van der Waals surface area contributed by atoms with E-state index in [2.05, 4.69) is 42.8 Å². The summed E-state index contributed by atoms with van der Waals surface area (Å²) in [5.41, 5.74) is 5.01. The number of rotatable bonds is 5. The molecule has 0 radical (unpaired) electrons. The Morgan fingerprint density at radius 3 is 2.68 bits per heavy atom. The van der Waals surface area contributed by atoms with Crippen LogP contribution in [0.3, 0.4) is 0 Å². The number of esters is 1. The zero-order valence-electron chi connectivity index (χ0n) is 14.7. The number of benzene rings is 1. The number of Topliss-reactive ketones (excluding diaryl/α,β-unsaturated/α-hetero) is 1. The molecule has 25 heavy (non-hydrogen) atoms. The van der Waals surface area contributed by atoms with Crippen LogP contribution in [-0.4, -0.2) is 23.3 Å². The first kappa shape index (κ1) is 17.2. The maximum atomic E-state index is 12.7. The zero-order valence-corrected chi connectivity index (χ0v) is 14.7. The van der Waals surface area contributed by atoms with Crippen molar-refractivity contribution >= 4 is 11.8 Å². The summed E-state index contributed by atoms with van der Waals surface area (Å²) in [6, 6.07) is 8.45. The fourth-order valence-corrected chi connectivity index (χ4v) is 3.51. The summed E-state index contributed by atoms with van der Waals surface area (Å²) in [6.07, 6.45) is 3.72. The molecular formula is C21H23NO3. The van der Waals surface area contributed by atoms with Crippen LogP contribution in [0.25, 0.3) is 0 Å². The Kier molecular flexibility index (Phi) is 4.88. The lowest BCUT2D eigenvalue weighted by Gasteiger charge is -2.22. The number of aromatic nitrogens is 1. The number of hydrogen-bond donors (Lipinski definition) is 1. The fourth-order valence-electron chi connectivity index (χ4n) is 3.51. The molecule has 1 atom stereocenters. The third-order valence-electron chi connectivity index (χ3n) is 4.88. The molecule has 1 aromatic carbocycles. The summed E-state index contributed by atoms with van der Waals surface area (Å²) in [7, 11) is 0. The Morgan fingerprint density at radius 1 is 1.32 bits per heavy atom. The number of hydrogen-bond acceptors (Lipinski definition) is 3. The highest BCUT2D eigenvalue weighted by molar-refractivity contribution is 6.03. The predicted molar refractivity (Wildman–Crippen MR) is 97.2 cm³/mol. The molecule has 0 spiro atoms. The Hall–Kier alpha value is -2.62. The number of H-pyrrole nitrogens is 1. The van der Waals surface area contributed by atoms with Crippen LogP contribution in [-0.2, 0) is 17.6 Å². The minimum atomic E-state index is -0.441. The van der Waals surface area contributed by atoms with Gasteiger partial charge in [-0.1, -0.05) is 43.8 Å². The van der Waals surface area contributed by atoms with Gasteiger partial charge in [-0.25, -0.2) is 4.79 Å². The number of fused-ring (bicyclic) bond motifs is 1. The second-order valence-corrected chi connectivity index (χ2v) is 6.49. The summed E-state index contributed by atoms with van der Waals surface area (Å²) in [6.45, 7) is 7.62. The van der Waals surface area contributed by atoms with Crippen molar-refractivity contribution in [3.8, 4) is 0 Å². The van der Waals surface area contributed by atoms with Gasteiger partial charge in [0.2, 0.25) is 0 Å². The molecule has 2 aromatic rings. The van der Waals surface area contributed by atoms with Crippen LogP contribution in [0.1, 0.15) is 62.5 Å². The molecule has 0 aliphatic heterocycles. The molecule has 1 aliphatic rings. The summed E-state index contributed by atoms with van der Waals surface area (Å²) >= 11 is 0. The van der Waals surface area contributed by atoms with E-state index in [1.807, 2.05) is 0 Å². The van der Waals surface area contributed by atoms with Crippen LogP contribution in [0.15, 0.2) is 36.9 Å². The summed E-state index contributed by atoms with van der Waals surface area (Å²) in [4.78, 5) is 28.0. The van der Waals surface area contributed by atoms with Crippen molar-refractivity contribution in [3.63, 3.8) is 0 Å². The smallest absolute Gasteiger partial charge is 0.355 e. The number of nitrogens with one attached hydrogen (secondary N) is 1. The number of aryl methyl sites for hydroxylation is 1. The normalized spacial score (nSPS) is 16.4. The van der Waals surface area contributed by atoms with Crippen molar-refractivity contribution in [2.45, 2.75) is 39.0 Å². The van der Waals surface area contributed by atoms with Gasteiger partial charge in [0.1, 0.15) is 12.3 Å². The Morgan fingerprint density at radius 2 is 2.04 bits per heavy atom. The molecule has 0 saturated carbocycles. The van der Waals surface area contributed by atoms with Crippen molar-refractivity contribution < 1.29 is 14.3 Å². The van der Waals surface area contributed by atoms with Gasteiger partial charge in [0.25, 0.3) is 0 Å². The van der Waals surface area contributed by atoms with Gasteiger partial charge >= 0.3 is 5.97 Å². The van der Waals surface area contributed by atoms with Crippen LogP contribution in [0.5, 0.6) is 0 Å². The maximum absolute atomic E-state index is 12.7. The molecule has 0 saturated heterocycles. The highest BCUT2D eigenvalue weighted by Crippen LogP contribution is 2.35. The van der Waals surface area contributed by atoms with Crippen molar-refractivity contribution in [3.05, 3.63) is 70.6 Å². The molecule has 3 rings (SSSR count). The van der Waals surface area contributed by atoms with Crippen LogP contribution < -0.4 is 0 Å². The van der Waals surface area contributed by atoms with E-state index < -0.39 is 5.97 Å². The average Bonchev–Trinajstić information content (AvgIpc) is 2.97. The van der Waals surface area contributed by atoms with E-state index in [0.29, 0.717) is 23.2 Å². The van der Waals surface area contributed by atoms with Gasteiger partial charge in [-0.2, -0.15) is 0 Å². The van der Waals surface area contributed by atoms with Crippen LogP contribution in [0.2, 0.25) is 0 Å². The third-order valence-corrected chi connectivity index (χ3v) is 4.88. The average molecular weight is 337 g/mol. The first-order valence-corrected chi connectivity index (χ1v) is 8.66. The lowest BCUT2D eigenvalue weighted by Crippen LogP contribution is -2.18. The summed E-state index contributed by atoms with van der Waals surface area (Å²) in [5, 5.41) is 0. The van der Waals surface area contributed by atoms with E-state index >= 15 is 0 Å². The molecule has 130 valence electrons. The number of ketones is 1. The van der Waals surface area contributed by atoms with E-state index in [0.717, 1.165) is 18.5 Å². The first-order valence-electron chi connectivity index (χ1n) is 8.66. The SMILES string of the molecule is C=CCOC(=O)c1[nH]c2c(c1C)C(=O)C[C@@H](c1ccc(CC)cc1)C2. The standard InChI is InChI=1S/C21H23NO3/c1-4-10-25-21(24)20-13(3)19-17(22-20)11-16(12-18(19)23)15-8-6-14(5-2)7-9-15/h4,6-9,16,22H,1,5,10-12H2,2-3H3/t16-/m0/s1. The van der Waals surface area contributed by atoms with Gasteiger partial charge in [-0.05, 0) is 42.4 Å². The van der Waals surface area contributed by atoms with E-state index in [1.54, 1.807) is 6.92 Å². The van der Waals surface area contributed by atoms with Gasteiger partial charge in [-0.15, -0.1) is 0 Å². The first-order chi connectivity index (χ1) is 12.0. The van der Waals surface area contributed by atoms with E-state index in [-0.39, 0.29) is 18.3 Å². The lowest BCUT2D eigenvalue weighted by molar-refractivity contribution is 0.0542.